The van der Waals surface area contributed by atoms with Crippen LogP contribution < -0.4 is 5.32 Å². The van der Waals surface area contributed by atoms with E-state index in [2.05, 4.69) is 24.1 Å². The van der Waals surface area contributed by atoms with Gasteiger partial charge in [0.1, 0.15) is 5.82 Å². The van der Waals surface area contributed by atoms with Gasteiger partial charge >= 0.3 is 0 Å². The molecule has 5 nitrogen and oxygen atoms in total. The summed E-state index contributed by atoms with van der Waals surface area (Å²) in [5, 5.41) is 3.38. The third-order valence-corrected chi connectivity index (χ3v) is 3.98. The van der Waals surface area contributed by atoms with Crippen molar-refractivity contribution in [3.05, 3.63) is 23.3 Å². The number of nitrogens with one attached hydrogen (secondary N) is 1. The SMILES string of the molecule is CNC1CC(C)(C)Cc2nc(CCOCCOC)ncc21. The minimum absolute atomic E-state index is 0.279. The number of fused-ring (bicyclic) bond motifs is 1. The molecular weight excluding hydrogens is 266 g/mol. The highest BCUT2D eigenvalue weighted by Crippen LogP contribution is 2.39. The topological polar surface area (TPSA) is 56.3 Å². The largest absolute Gasteiger partial charge is 0.382 e. The summed E-state index contributed by atoms with van der Waals surface area (Å²) in [5.41, 5.74) is 2.72. The second-order valence-corrected chi connectivity index (χ2v) is 6.43. The molecule has 0 fully saturated rings. The van der Waals surface area contributed by atoms with E-state index in [4.69, 9.17) is 14.5 Å². The molecule has 0 amide bonds. The van der Waals surface area contributed by atoms with Gasteiger partial charge in [0.2, 0.25) is 0 Å². The zero-order valence-electron chi connectivity index (χ0n) is 13.6. The molecule has 0 saturated heterocycles. The Hall–Kier alpha value is -1.04. The molecule has 1 unspecified atom stereocenters. The average Bonchev–Trinajstić information content (AvgIpc) is 2.44. The van der Waals surface area contributed by atoms with Gasteiger partial charge in [0.15, 0.2) is 0 Å². The molecule has 118 valence electrons. The van der Waals surface area contributed by atoms with Crippen molar-refractivity contribution in [1.29, 1.82) is 0 Å². The van der Waals surface area contributed by atoms with E-state index in [1.54, 1.807) is 7.11 Å². The summed E-state index contributed by atoms with van der Waals surface area (Å²) >= 11 is 0. The average molecular weight is 293 g/mol. The van der Waals surface area contributed by atoms with Crippen molar-refractivity contribution in [3.63, 3.8) is 0 Å². The molecule has 1 aromatic rings. The van der Waals surface area contributed by atoms with Crippen LogP contribution in [0, 0.1) is 5.41 Å². The molecule has 1 atom stereocenters. The van der Waals surface area contributed by atoms with Crippen LogP contribution in [0.2, 0.25) is 0 Å². The lowest BCUT2D eigenvalue weighted by Gasteiger charge is -2.36. The zero-order chi connectivity index (χ0) is 15.3. The van der Waals surface area contributed by atoms with Gasteiger partial charge in [-0.1, -0.05) is 13.8 Å². The highest BCUT2D eigenvalue weighted by atomic mass is 16.5. The minimum Gasteiger partial charge on any atom is -0.382 e. The number of aromatic nitrogens is 2. The van der Waals surface area contributed by atoms with Gasteiger partial charge < -0.3 is 14.8 Å². The predicted molar refractivity (Wildman–Crippen MR) is 82.3 cm³/mol. The van der Waals surface area contributed by atoms with Crippen molar-refractivity contribution >= 4 is 0 Å². The number of nitrogens with zero attached hydrogens (tertiary/aromatic N) is 2. The van der Waals surface area contributed by atoms with E-state index in [1.807, 2.05) is 13.2 Å². The highest BCUT2D eigenvalue weighted by Gasteiger charge is 2.32. The normalized spacial score (nSPS) is 20.3. The van der Waals surface area contributed by atoms with Crippen LogP contribution in [0.3, 0.4) is 0 Å². The second-order valence-electron chi connectivity index (χ2n) is 6.43. The molecule has 1 heterocycles. The molecule has 1 aliphatic carbocycles. The van der Waals surface area contributed by atoms with Crippen molar-refractivity contribution in [3.8, 4) is 0 Å². The Morgan fingerprint density at radius 1 is 1.33 bits per heavy atom. The monoisotopic (exact) mass is 293 g/mol. The van der Waals surface area contributed by atoms with E-state index in [9.17, 15) is 0 Å². The molecule has 21 heavy (non-hydrogen) atoms. The molecule has 0 bridgehead atoms. The molecule has 0 aliphatic heterocycles. The van der Waals surface area contributed by atoms with Gasteiger partial charge in [-0.2, -0.15) is 0 Å². The van der Waals surface area contributed by atoms with Gasteiger partial charge in [-0.05, 0) is 25.3 Å². The lowest BCUT2D eigenvalue weighted by Crippen LogP contribution is -2.33. The molecule has 0 spiro atoms. The number of methoxy groups -OCH3 is 1. The third kappa shape index (κ3) is 4.46. The Balaban J connectivity index is 2.01. The van der Waals surface area contributed by atoms with E-state index in [0.717, 1.165) is 25.1 Å². The fourth-order valence-electron chi connectivity index (χ4n) is 2.87. The standard InChI is InChI=1S/C16H27N3O2/c1-16(2)9-13(17-3)12-11-18-15(19-14(12)10-16)5-6-21-8-7-20-4/h11,13,17H,5-10H2,1-4H3. The summed E-state index contributed by atoms with van der Waals surface area (Å²) in [6.45, 7) is 6.49. The van der Waals surface area contributed by atoms with E-state index < -0.39 is 0 Å². The van der Waals surface area contributed by atoms with Crippen LogP contribution in [-0.4, -0.2) is 43.9 Å². The maximum Gasteiger partial charge on any atom is 0.130 e. The predicted octanol–water partition coefficient (Wildman–Crippen LogP) is 1.91. The van der Waals surface area contributed by atoms with Crippen LogP contribution in [0.1, 0.15) is 43.4 Å². The second kappa shape index (κ2) is 7.29. The Morgan fingerprint density at radius 2 is 2.14 bits per heavy atom. The molecule has 0 aromatic carbocycles. The number of ether oxygens (including phenoxy) is 2. The van der Waals surface area contributed by atoms with Gasteiger partial charge in [-0.25, -0.2) is 9.97 Å². The van der Waals surface area contributed by atoms with Gasteiger partial charge in [-0.15, -0.1) is 0 Å². The van der Waals surface area contributed by atoms with Crippen LogP contribution in [0.15, 0.2) is 6.20 Å². The molecule has 1 aromatic heterocycles. The molecule has 1 aliphatic rings. The molecular formula is C16H27N3O2. The molecule has 5 heteroatoms. The first kappa shape index (κ1) is 16.3. The fraction of sp³-hybridized carbons (Fsp3) is 0.750. The zero-order valence-corrected chi connectivity index (χ0v) is 13.6. The highest BCUT2D eigenvalue weighted by molar-refractivity contribution is 5.26. The van der Waals surface area contributed by atoms with E-state index in [0.29, 0.717) is 25.9 Å². The Labute approximate surface area is 127 Å². The van der Waals surface area contributed by atoms with E-state index >= 15 is 0 Å². The first-order chi connectivity index (χ1) is 10.1. The molecule has 0 saturated carbocycles. The van der Waals surface area contributed by atoms with Crippen molar-refractivity contribution in [2.75, 3.05) is 34.0 Å². The maximum absolute atomic E-state index is 5.49. The van der Waals surface area contributed by atoms with Gasteiger partial charge in [0.05, 0.1) is 19.8 Å². The van der Waals surface area contributed by atoms with Crippen LogP contribution in [0.4, 0.5) is 0 Å². The van der Waals surface area contributed by atoms with Crippen molar-refractivity contribution in [2.45, 2.75) is 39.2 Å². The van der Waals surface area contributed by atoms with E-state index in [1.165, 1.54) is 11.3 Å². The van der Waals surface area contributed by atoms with E-state index in [-0.39, 0.29) is 5.41 Å². The molecule has 0 radical (unpaired) electrons. The number of rotatable bonds is 7. The Morgan fingerprint density at radius 3 is 2.86 bits per heavy atom. The number of hydrogen-bond acceptors (Lipinski definition) is 5. The van der Waals surface area contributed by atoms with Crippen LogP contribution in [0.25, 0.3) is 0 Å². The summed E-state index contributed by atoms with van der Waals surface area (Å²) in [4.78, 5) is 9.26. The minimum atomic E-state index is 0.279. The summed E-state index contributed by atoms with van der Waals surface area (Å²) in [6, 6.07) is 0.357. The number of hydrogen-bond donors (Lipinski definition) is 1. The fourth-order valence-corrected chi connectivity index (χ4v) is 2.87. The van der Waals surface area contributed by atoms with Gasteiger partial charge in [-0.3, -0.25) is 0 Å². The summed E-state index contributed by atoms with van der Waals surface area (Å²) in [6.07, 6.45) is 4.88. The first-order valence-electron chi connectivity index (χ1n) is 7.64. The third-order valence-electron chi connectivity index (χ3n) is 3.98. The van der Waals surface area contributed by atoms with Crippen LogP contribution in [0.5, 0.6) is 0 Å². The molecule has 1 N–H and O–H groups in total. The summed E-state index contributed by atoms with van der Waals surface area (Å²) < 4.78 is 10.4. The smallest absolute Gasteiger partial charge is 0.130 e. The van der Waals surface area contributed by atoms with Crippen molar-refractivity contribution in [2.24, 2.45) is 5.41 Å². The molecule has 2 rings (SSSR count). The van der Waals surface area contributed by atoms with Crippen LogP contribution >= 0.6 is 0 Å². The Kier molecular flexibility index (Phi) is 5.67. The lowest BCUT2D eigenvalue weighted by atomic mass is 9.74. The van der Waals surface area contributed by atoms with Crippen molar-refractivity contribution < 1.29 is 9.47 Å². The summed E-state index contributed by atoms with van der Waals surface area (Å²) in [5.74, 6) is 0.874. The first-order valence-corrected chi connectivity index (χ1v) is 7.64. The van der Waals surface area contributed by atoms with Gasteiger partial charge in [0, 0.05) is 37.0 Å². The summed E-state index contributed by atoms with van der Waals surface area (Å²) in [7, 11) is 3.68. The maximum atomic E-state index is 5.49. The Bertz CT molecular complexity index is 463. The lowest BCUT2D eigenvalue weighted by molar-refractivity contribution is 0.0716. The van der Waals surface area contributed by atoms with Gasteiger partial charge in [0.25, 0.3) is 0 Å². The van der Waals surface area contributed by atoms with Crippen molar-refractivity contribution in [1.82, 2.24) is 15.3 Å². The quantitative estimate of drug-likeness (QED) is 0.778. The van der Waals surface area contributed by atoms with Crippen LogP contribution in [-0.2, 0) is 22.3 Å².